The first-order valence-corrected chi connectivity index (χ1v) is 9.83. The normalized spacial score (nSPS) is 13.3. The van der Waals surface area contributed by atoms with Crippen LogP contribution in [0.5, 0.6) is 0 Å². The summed E-state index contributed by atoms with van der Waals surface area (Å²) in [5.74, 6) is 0.331. The molecular weight excluding hydrogens is 406 g/mol. The first-order valence-electron chi connectivity index (χ1n) is 9.46. The molecule has 152 valence electrons. The Labute approximate surface area is 177 Å². The Morgan fingerprint density at radius 1 is 1.07 bits per heavy atom. The van der Waals surface area contributed by atoms with Gasteiger partial charge in [0, 0.05) is 36.5 Å². The third kappa shape index (κ3) is 4.23. The number of nitrogens with one attached hydrogen (secondary N) is 1. The summed E-state index contributed by atoms with van der Waals surface area (Å²) in [6, 6.07) is 14.7. The second kappa shape index (κ2) is 8.46. The maximum Gasteiger partial charge on any atom is 0.270 e. The number of rotatable bonds is 5. The number of anilines is 2. The molecule has 30 heavy (non-hydrogen) atoms. The van der Waals surface area contributed by atoms with Gasteiger partial charge in [-0.25, -0.2) is 0 Å². The molecule has 1 saturated heterocycles. The van der Waals surface area contributed by atoms with Crippen LogP contribution in [0.1, 0.15) is 23.2 Å². The van der Waals surface area contributed by atoms with Gasteiger partial charge in [0.15, 0.2) is 5.82 Å². The van der Waals surface area contributed by atoms with Crippen LogP contribution >= 0.6 is 11.6 Å². The number of non-ortho nitro benzene ring substituents is 1. The Bertz CT molecular complexity index is 1100. The number of carbonyl (C=O) groups is 1. The molecule has 9 heteroatoms. The average Bonchev–Trinajstić information content (AvgIpc) is 3.29. The van der Waals surface area contributed by atoms with Crippen molar-refractivity contribution < 1.29 is 9.72 Å². The minimum absolute atomic E-state index is 0.0334. The maximum atomic E-state index is 12.6. The molecule has 1 amide bonds. The van der Waals surface area contributed by atoms with Gasteiger partial charge >= 0.3 is 0 Å². The summed E-state index contributed by atoms with van der Waals surface area (Å²) >= 11 is 6.05. The van der Waals surface area contributed by atoms with Crippen molar-refractivity contribution >= 4 is 34.7 Å². The molecule has 2 heterocycles. The lowest BCUT2D eigenvalue weighted by Gasteiger charge is -2.15. The number of nitrogens with zero attached hydrogens (tertiary/aromatic N) is 4. The summed E-state index contributed by atoms with van der Waals surface area (Å²) in [4.78, 5) is 25.2. The van der Waals surface area contributed by atoms with Gasteiger partial charge in [-0.3, -0.25) is 14.9 Å². The molecule has 0 spiro atoms. The van der Waals surface area contributed by atoms with Crippen LogP contribution in [0, 0.1) is 10.1 Å². The molecule has 3 aromatic rings. The number of nitro benzene ring substituents is 1. The molecule has 0 radical (unpaired) electrons. The third-order valence-electron chi connectivity index (χ3n) is 4.90. The van der Waals surface area contributed by atoms with Crippen molar-refractivity contribution in [1.82, 2.24) is 10.2 Å². The van der Waals surface area contributed by atoms with Gasteiger partial charge in [-0.05, 0) is 43.2 Å². The molecule has 8 nitrogen and oxygen atoms in total. The number of hydrogen-bond donors (Lipinski definition) is 1. The van der Waals surface area contributed by atoms with Crippen LogP contribution in [0.2, 0.25) is 5.02 Å². The summed E-state index contributed by atoms with van der Waals surface area (Å²) in [6.07, 6.45) is 2.33. The highest BCUT2D eigenvalue weighted by Crippen LogP contribution is 2.26. The lowest BCUT2D eigenvalue weighted by Crippen LogP contribution is -2.19. The smallest absolute Gasteiger partial charge is 0.270 e. The van der Waals surface area contributed by atoms with E-state index in [0.717, 1.165) is 30.5 Å². The maximum absolute atomic E-state index is 12.6. The topological polar surface area (TPSA) is 101 Å². The van der Waals surface area contributed by atoms with E-state index in [1.165, 1.54) is 25.0 Å². The fourth-order valence-corrected chi connectivity index (χ4v) is 3.55. The van der Waals surface area contributed by atoms with E-state index in [9.17, 15) is 14.9 Å². The summed E-state index contributed by atoms with van der Waals surface area (Å²) in [5, 5.41) is 22.5. The van der Waals surface area contributed by atoms with E-state index in [0.29, 0.717) is 11.4 Å². The second-order valence-corrected chi connectivity index (χ2v) is 7.33. The molecule has 0 bridgehead atoms. The Balaban J connectivity index is 1.53. The van der Waals surface area contributed by atoms with Crippen LogP contribution in [0.15, 0.2) is 54.6 Å². The largest absolute Gasteiger partial charge is 0.355 e. The van der Waals surface area contributed by atoms with Crippen LogP contribution in [0.4, 0.5) is 17.2 Å². The third-order valence-corrected chi connectivity index (χ3v) is 5.23. The molecule has 1 aliphatic rings. The lowest BCUT2D eigenvalue weighted by molar-refractivity contribution is -0.384. The van der Waals surface area contributed by atoms with E-state index in [1.54, 1.807) is 18.2 Å². The van der Waals surface area contributed by atoms with Crippen molar-refractivity contribution in [1.29, 1.82) is 0 Å². The number of carbonyl (C=O) groups excluding carboxylic acids is 1. The molecule has 1 fully saturated rings. The minimum atomic E-state index is -0.571. The number of nitro groups is 1. The Morgan fingerprint density at radius 2 is 1.87 bits per heavy atom. The molecule has 1 aromatic heterocycles. The zero-order chi connectivity index (χ0) is 21.1. The predicted molar refractivity (Wildman–Crippen MR) is 115 cm³/mol. The van der Waals surface area contributed by atoms with E-state index in [4.69, 9.17) is 11.6 Å². The zero-order valence-corrected chi connectivity index (χ0v) is 16.7. The molecule has 0 saturated carbocycles. The number of benzene rings is 2. The molecule has 0 unspecified atom stereocenters. The van der Waals surface area contributed by atoms with E-state index in [2.05, 4.69) is 20.4 Å². The summed E-state index contributed by atoms with van der Waals surface area (Å²) in [6.45, 7) is 1.99. The van der Waals surface area contributed by atoms with Crippen LogP contribution in [0.3, 0.4) is 0 Å². The predicted octanol–water partition coefficient (Wildman–Crippen LogP) is 4.56. The first-order chi connectivity index (χ1) is 14.5. The summed E-state index contributed by atoms with van der Waals surface area (Å²) in [5.41, 5.74) is 1.82. The standard InChI is InChI=1S/C21H18ClN5O3/c22-18-7-6-16(27(29)30)13-17(18)21(28)23-15-5-3-4-14(12-15)19-8-9-20(25-24-19)26-10-1-2-11-26/h3-9,12-13H,1-2,10-11H2,(H,23,28). The molecule has 0 atom stereocenters. The van der Waals surface area contributed by atoms with Gasteiger partial charge in [-0.15, -0.1) is 10.2 Å². The zero-order valence-electron chi connectivity index (χ0n) is 15.9. The van der Waals surface area contributed by atoms with Crippen molar-refractivity contribution in [2.24, 2.45) is 0 Å². The fraction of sp³-hybridized carbons (Fsp3) is 0.190. The lowest BCUT2D eigenvalue weighted by atomic mass is 10.1. The Hall–Kier alpha value is -3.52. The van der Waals surface area contributed by atoms with Crippen molar-refractivity contribution in [2.45, 2.75) is 12.8 Å². The number of halogens is 1. The molecule has 0 aliphatic carbocycles. The molecular formula is C21H18ClN5O3. The van der Waals surface area contributed by atoms with Crippen molar-refractivity contribution in [3.8, 4) is 11.3 Å². The number of hydrogen-bond acceptors (Lipinski definition) is 6. The number of amides is 1. The summed E-state index contributed by atoms with van der Waals surface area (Å²) in [7, 11) is 0. The van der Waals surface area contributed by atoms with Crippen LogP contribution in [0.25, 0.3) is 11.3 Å². The first kappa shape index (κ1) is 19.8. The van der Waals surface area contributed by atoms with E-state index in [1.807, 2.05) is 18.2 Å². The van der Waals surface area contributed by atoms with Gasteiger partial charge in [0.2, 0.25) is 0 Å². The highest BCUT2D eigenvalue weighted by atomic mass is 35.5. The van der Waals surface area contributed by atoms with E-state index in [-0.39, 0.29) is 16.3 Å². The van der Waals surface area contributed by atoms with E-state index >= 15 is 0 Å². The van der Waals surface area contributed by atoms with Crippen molar-refractivity contribution in [2.75, 3.05) is 23.3 Å². The molecule has 2 aromatic carbocycles. The van der Waals surface area contributed by atoms with Crippen LogP contribution in [-0.4, -0.2) is 34.1 Å². The van der Waals surface area contributed by atoms with Gasteiger partial charge in [0.05, 0.1) is 21.2 Å². The fourth-order valence-electron chi connectivity index (χ4n) is 3.35. The van der Waals surface area contributed by atoms with Crippen LogP contribution < -0.4 is 10.2 Å². The van der Waals surface area contributed by atoms with Crippen molar-refractivity contribution in [3.63, 3.8) is 0 Å². The van der Waals surface area contributed by atoms with Gasteiger partial charge in [0.25, 0.3) is 11.6 Å². The van der Waals surface area contributed by atoms with Gasteiger partial charge in [0.1, 0.15) is 0 Å². The SMILES string of the molecule is O=C(Nc1cccc(-c2ccc(N3CCCC3)nn2)c1)c1cc([N+](=O)[O-])ccc1Cl. The van der Waals surface area contributed by atoms with Crippen LogP contribution in [-0.2, 0) is 0 Å². The Morgan fingerprint density at radius 3 is 2.57 bits per heavy atom. The minimum Gasteiger partial charge on any atom is -0.355 e. The monoisotopic (exact) mass is 423 g/mol. The van der Waals surface area contributed by atoms with E-state index < -0.39 is 10.8 Å². The van der Waals surface area contributed by atoms with Crippen molar-refractivity contribution in [3.05, 3.63) is 75.3 Å². The highest BCUT2D eigenvalue weighted by Gasteiger charge is 2.17. The molecule has 1 aliphatic heterocycles. The second-order valence-electron chi connectivity index (χ2n) is 6.93. The molecule has 1 N–H and O–H groups in total. The number of aromatic nitrogens is 2. The summed E-state index contributed by atoms with van der Waals surface area (Å²) < 4.78 is 0. The highest BCUT2D eigenvalue weighted by molar-refractivity contribution is 6.34. The average molecular weight is 424 g/mol. The Kier molecular flexibility index (Phi) is 5.58. The molecule has 4 rings (SSSR count). The van der Waals surface area contributed by atoms with Gasteiger partial charge < -0.3 is 10.2 Å². The van der Waals surface area contributed by atoms with Gasteiger partial charge in [-0.1, -0.05) is 23.7 Å². The quantitative estimate of drug-likeness (QED) is 0.477. The van der Waals surface area contributed by atoms with Gasteiger partial charge in [-0.2, -0.15) is 0 Å².